The SMILES string of the molecule is O=C(c1cnc[nH]1)N1C[C@H]2C[C@@H](C1)[C@H](CC1CCCCC1)N1C(=O)CCC[C@@H]21. The number of piperidine rings is 3. The average Bonchev–Trinajstić information content (AvgIpc) is 3.26. The topological polar surface area (TPSA) is 69.3 Å². The van der Waals surface area contributed by atoms with Crippen LogP contribution in [-0.2, 0) is 4.79 Å². The molecule has 2 amide bonds. The van der Waals surface area contributed by atoms with Crippen molar-refractivity contribution in [1.82, 2.24) is 19.8 Å². The first-order valence-corrected chi connectivity index (χ1v) is 11.3. The highest BCUT2D eigenvalue weighted by Crippen LogP contribution is 2.44. The van der Waals surface area contributed by atoms with Crippen LogP contribution in [0.25, 0.3) is 0 Å². The molecule has 3 aliphatic heterocycles. The molecule has 3 saturated heterocycles. The molecule has 1 aromatic heterocycles. The molecule has 1 N–H and O–H groups in total. The number of likely N-dealkylation sites (tertiary alicyclic amines) is 1. The van der Waals surface area contributed by atoms with E-state index in [0.29, 0.717) is 41.9 Å². The summed E-state index contributed by atoms with van der Waals surface area (Å²) in [4.78, 5) is 37.3. The van der Waals surface area contributed by atoms with E-state index in [9.17, 15) is 9.59 Å². The van der Waals surface area contributed by atoms with Gasteiger partial charge in [0.15, 0.2) is 0 Å². The van der Waals surface area contributed by atoms with Crippen LogP contribution in [0.4, 0.5) is 0 Å². The smallest absolute Gasteiger partial charge is 0.271 e. The number of fused-ring (bicyclic) bond motifs is 4. The Kier molecular flexibility index (Phi) is 4.89. The highest BCUT2D eigenvalue weighted by Gasteiger charge is 2.50. The first-order chi connectivity index (χ1) is 13.7. The summed E-state index contributed by atoms with van der Waals surface area (Å²) in [5.41, 5.74) is 0.584. The standard InChI is InChI=1S/C22H32N4O2/c27-21-8-4-7-19-16-10-17(13-25(12-16)22(28)18-11-23-14-24-18)20(26(19)21)9-15-5-2-1-3-6-15/h11,14-17,19-20H,1-10,12-13H2,(H,23,24)/t16-,17+,19+,20+/m1/s1. The van der Waals surface area contributed by atoms with Gasteiger partial charge >= 0.3 is 0 Å². The molecule has 1 aromatic rings. The van der Waals surface area contributed by atoms with Gasteiger partial charge in [-0.15, -0.1) is 0 Å². The lowest BCUT2D eigenvalue weighted by Gasteiger charge is -2.57. The van der Waals surface area contributed by atoms with Gasteiger partial charge in [0.2, 0.25) is 5.91 Å². The molecule has 4 aliphatic rings. The zero-order chi connectivity index (χ0) is 19.1. The van der Waals surface area contributed by atoms with E-state index in [0.717, 1.165) is 38.3 Å². The van der Waals surface area contributed by atoms with E-state index in [2.05, 4.69) is 14.9 Å². The Labute approximate surface area is 167 Å². The van der Waals surface area contributed by atoms with Crippen molar-refractivity contribution in [3.8, 4) is 0 Å². The minimum absolute atomic E-state index is 0.0687. The number of imidazole rings is 1. The van der Waals surface area contributed by atoms with Crippen LogP contribution >= 0.6 is 0 Å². The molecule has 152 valence electrons. The van der Waals surface area contributed by atoms with Gasteiger partial charge in [0.05, 0.1) is 12.5 Å². The largest absolute Gasteiger partial charge is 0.341 e. The maximum Gasteiger partial charge on any atom is 0.271 e. The summed E-state index contributed by atoms with van der Waals surface area (Å²) in [7, 11) is 0. The number of nitrogens with zero attached hydrogens (tertiary/aromatic N) is 3. The van der Waals surface area contributed by atoms with Crippen LogP contribution in [0.15, 0.2) is 12.5 Å². The van der Waals surface area contributed by atoms with E-state index in [1.807, 2.05) is 4.90 Å². The number of aromatic amines is 1. The number of hydrogen-bond acceptors (Lipinski definition) is 3. The normalized spacial score (nSPS) is 33.6. The zero-order valence-electron chi connectivity index (χ0n) is 16.7. The average molecular weight is 385 g/mol. The molecule has 1 aliphatic carbocycles. The van der Waals surface area contributed by atoms with Gasteiger partial charge in [0, 0.05) is 31.6 Å². The summed E-state index contributed by atoms with van der Waals surface area (Å²) >= 11 is 0. The van der Waals surface area contributed by atoms with Crippen LogP contribution in [0.2, 0.25) is 0 Å². The predicted molar refractivity (Wildman–Crippen MR) is 106 cm³/mol. The lowest BCUT2D eigenvalue weighted by atomic mass is 9.69. The number of carbonyl (C=O) groups is 2. The van der Waals surface area contributed by atoms with Crippen molar-refractivity contribution < 1.29 is 9.59 Å². The Hall–Kier alpha value is -1.85. The third kappa shape index (κ3) is 3.25. The van der Waals surface area contributed by atoms with Gasteiger partial charge in [-0.3, -0.25) is 9.59 Å². The Morgan fingerprint density at radius 3 is 2.71 bits per heavy atom. The van der Waals surface area contributed by atoms with Gasteiger partial charge in [-0.25, -0.2) is 4.98 Å². The molecule has 0 aromatic carbocycles. The van der Waals surface area contributed by atoms with Gasteiger partial charge in [-0.05, 0) is 43.4 Å². The van der Waals surface area contributed by atoms with Gasteiger partial charge in [0.25, 0.3) is 5.91 Å². The third-order valence-electron chi connectivity index (χ3n) is 7.81. The summed E-state index contributed by atoms with van der Waals surface area (Å²) in [6.45, 7) is 1.56. The van der Waals surface area contributed by atoms with Gasteiger partial charge in [0.1, 0.15) is 5.69 Å². The molecule has 0 radical (unpaired) electrons. The second-order valence-corrected chi connectivity index (χ2v) is 9.50. The molecule has 4 heterocycles. The fourth-order valence-electron chi connectivity index (χ4n) is 6.55. The van der Waals surface area contributed by atoms with Crippen LogP contribution in [0.1, 0.15) is 74.7 Å². The van der Waals surface area contributed by atoms with E-state index in [1.165, 1.54) is 38.5 Å². The van der Waals surface area contributed by atoms with Crippen molar-refractivity contribution in [2.75, 3.05) is 13.1 Å². The molecule has 28 heavy (non-hydrogen) atoms. The molecule has 1 saturated carbocycles. The van der Waals surface area contributed by atoms with Crippen LogP contribution in [-0.4, -0.2) is 56.8 Å². The molecule has 6 nitrogen and oxygen atoms in total. The second kappa shape index (κ2) is 7.53. The van der Waals surface area contributed by atoms with Crippen molar-refractivity contribution in [3.05, 3.63) is 18.2 Å². The number of H-pyrrole nitrogens is 1. The molecular formula is C22H32N4O2. The highest BCUT2D eigenvalue weighted by atomic mass is 16.2. The van der Waals surface area contributed by atoms with E-state index >= 15 is 0 Å². The van der Waals surface area contributed by atoms with E-state index in [4.69, 9.17) is 0 Å². The minimum atomic E-state index is 0.0687. The Balaban J connectivity index is 1.40. The molecule has 6 heteroatoms. The molecular weight excluding hydrogens is 352 g/mol. The zero-order valence-corrected chi connectivity index (χ0v) is 16.7. The number of aromatic nitrogens is 2. The van der Waals surface area contributed by atoms with E-state index in [1.54, 1.807) is 12.5 Å². The summed E-state index contributed by atoms with van der Waals surface area (Å²) in [5, 5.41) is 0. The Morgan fingerprint density at radius 1 is 1.11 bits per heavy atom. The Bertz CT molecular complexity index is 712. The maximum absolute atomic E-state index is 13.0. The molecule has 0 spiro atoms. The maximum atomic E-state index is 13.0. The number of rotatable bonds is 3. The van der Waals surface area contributed by atoms with Gasteiger partial charge < -0.3 is 14.8 Å². The third-order valence-corrected chi connectivity index (χ3v) is 7.81. The van der Waals surface area contributed by atoms with Crippen LogP contribution in [0, 0.1) is 17.8 Å². The number of carbonyl (C=O) groups excluding carboxylic acids is 2. The van der Waals surface area contributed by atoms with Crippen molar-refractivity contribution >= 4 is 11.8 Å². The molecule has 2 bridgehead atoms. The quantitative estimate of drug-likeness (QED) is 0.870. The number of amides is 2. The van der Waals surface area contributed by atoms with Gasteiger partial charge in [-0.2, -0.15) is 0 Å². The van der Waals surface area contributed by atoms with Crippen LogP contribution in [0.3, 0.4) is 0 Å². The van der Waals surface area contributed by atoms with Gasteiger partial charge in [-0.1, -0.05) is 32.1 Å². The van der Waals surface area contributed by atoms with Crippen LogP contribution in [0.5, 0.6) is 0 Å². The minimum Gasteiger partial charge on any atom is -0.341 e. The Morgan fingerprint density at radius 2 is 1.93 bits per heavy atom. The summed E-state index contributed by atoms with van der Waals surface area (Å²) in [6, 6.07) is 0.665. The molecule has 4 atom stereocenters. The van der Waals surface area contributed by atoms with Crippen molar-refractivity contribution in [1.29, 1.82) is 0 Å². The molecule has 5 rings (SSSR count). The fourth-order valence-corrected chi connectivity index (χ4v) is 6.55. The highest BCUT2D eigenvalue weighted by molar-refractivity contribution is 5.92. The molecule has 0 unspecified atom stereocenters. The lowest BCUT2D eigenvalue weighted by Crippen LogP contribution is -2.65. The summed E-state index contributed by atoms with van der Waals surface area (Å²) in [5.74, 6) is 2.05. The lowest BCUT2D eigenvalue weighted by molar-refractivity contribution is -0.153. The summed E-state index contributed by atoms with van der Waals surface area (Å²) in [6.07, 6.45) is 15.0. The first kappa shape index (κ1) is 18.2. The second-order valence-electron chi connectivity index (χ2n) is 9.50. The monoisotopic (exact) mass is 384 g/mol. The predicted octanol–water partition coefficient (Wildman–Crippen LogP) is 3.22. The fraction of sp³-hybridized carbons (Fsp3) is 0.773. The molecule has 4 fully saturated rings. The van der Waals surface area contributed by atoms with Crippen molar-refractivity contribution in [3.63, 3.8) is 0 Å². The van der Waals surface area contributed by atoms with Crippen LogP contribution < -0.4 is 0 Å². The number of nitrogens with one attached hydrogen (secondary N) is 1. The van der Waals surface area contributed by atoms with Crippen molar-refractivity contribution in [2.45, 2.75) is 76.3 Å². The number of hydrogen-bond donors (Lipinski definition) is 1. The first-order valence-electron chi connectivity index (χ1n) is 11.3. The summed E-state index contributed by atoms with van der Waals surface area (Å²) < 4.78 is 0. The van der Waals surface area contributed by atoms with E-state index < -0.39 is 0 Å². The van der Waals surface area contributed by atoms with Crippen molar-refractivity contribution in [2.24, 2.45) is 17.8 Å². The van der Waals surface area contributed by atoms with E-state index in [-0.39, 0.29) is 5.91 Å².